The van der Waals surface area contributed by atoms with Gasteiger partial charge in [0, 0.05) is 17.4 Å². The van der Waals surface area contributed by atoms with Crippen LogP contribution in [0.25, 0.3) is 0 Å². The fourth-order valence-corrected chi connectivity index (χ4v) is 2.38. The fourth-order valence-electron chi connectivity index (χ4n) is 2.17. The Labute approximate surface area is 156 Å². The van der Waals surface area contributed by atoms with Crippen molar-refractivity contribution in [3.63, 3.8) is 0 Å². The van der Waals surface area contributed by atoms with Gasteiger partial charge >= 0.3 is 0 Å². The molecular formula is C20H16ClN3O2. The number of carbonyl (C=O) groups is 1. The molecule has 1 N–H and O–H groups in total. The van der Waals surface area contributed by atoms with Gasteiger partial charge in [0.25, 0.3) is 5.91 Å². The molecule has 130 valence electrons. The molecule has 0 saturated heterocycles. The highest BCUT2D eigenvalue weighted by Crippen LogP contribution is 2.15. The van der Waals surface area contributed by atoms with E-state index in [1.54, 1.807) is 24.5 Å². The van der Waals surface area contributed by atoms with Crippen molar-refractivity contribution < 1.29 is 9.53 Å². The van der Waals surface area contributed by atoms with E-state index in [4.69, 9.17) is 16.3 Å². The zero-order valence-electron chi connectivity index (χ0n) is 13.8. The Morgan fingerprint density at radius 2 is 2.00 bits per heavy atom. The summed E-state index contributed by atoms with van der Waals surface area (Å²) in [7, 11) is 0. The molecule has 26 heavy (non-hydrogen) atoms. The van der Waals surface area contributed by atoms with Gasteiger partial charge in [-0.15, -0.1) is 0 Å². The number of aromatic nitrogens is 1. The predicted octanol–water partition coefficient (Wildman–Crippen LogP) is 4.08. The molecule has 1 aromatic heterocycles. The van der Waals surface area contributed by atoms with Crippen LogP contribution in [0, 0.1) is 0 Å². The van der Waals surface area contributed by atoms with Crippen LogP contribution in [0.4, 0.5) is 0 Å². The molecule has 0 radical (unpaired) electrons. The summed E-state index contributed by atoms with van der Waals surface area (Å²) in [6.45, 7) is 0.440. The Morgan fingerprint density at radius 3 is 2.73 bits per heavy atom. The van der Waals surface area contributed by atoms with E-state index in [2.05, 4.69) is 15.5 Å². The van der Waals surface area contributed by atoms with Crippen molar-refractivity contribution in [3.8, 4) is 5.75 Å². The summed E-state index contributed by atoms with van der Waals surface area (Å²) in [6, 6.07) is 18.3. The van der Waals surface area contributed by atoms with Crippen molar-refractivity contribution in [2.45, 2.75) is 6.61 Å². The second kappa shape index (κ2) is 8.78. The standard InChI is InChI=1S/C20H16ClN3O2/c21-18-5-1-3-16(11-18)14-26-19-8-6-15(7-9-19)12-23-24-20(25)17-4-2-10-22-13-17/h1-13H,14H2,(H,24,25)/b23-12-. The molecule has 0 aliphatic heterocycles. The molecule has 6 heteroatoms. The third-order valence-electron chi connectivity index (χ3n) is 3.48. The molecule has 1 amide bonds. The normalized spacial score (nSPS) is 10.7. The average molecular weight is 366 g/mol. The van der Waals surface area contributed by atoms with Crippen LogP contribution in [0.1, 0.15) is 21.5 Å². The minimum atomic E-state index is -0.309. The van der Waals surface area contributed by atoms with Crippen LogP contribution in [-0.2, 0) is 6.61 Å². The van der Waals surface area contributed by atoms with Crippen molar-refractivity contribution in [1.82, 2.24) is 10.4 Å². The van der Waals surface area contributed by atoms with E-state index in [1.165, 1.54) is 6.20 Å². The average Bonchev–Trinajstić information content (AvgIpc) is 2.68. The lowest BCUT2D eigenvalue weighted by Crippen LogP contribution is -2.17. The van der Waals surface area contributed by atoms with Gasteiger partial charge in [0.2, 0.25) is 0 Å². The maximum absolute atomic E-state index is 11.8. The molecule has 0 aliphatic carbocycles. The highest BCUT2D eigenvalue weighted by molar-refractivity contribution is 6.30. The lowest BCUT2D eigenvalue weighted by atomic mass is 10.2. The number of rotatable bonds is 6. The van der Waals surface area contributed by atoms with Crippen LogP contribution in [0.15, 0.2) is 78.2 Å². The summed E-state index contributed by atoms with van der Waals surface area (Å²) >= 11 is 5.95. The maximum Gasteiger partial charge on any atom is 0.272 e. The molecular weight excluding hydrogens is 350 g/mol. The number of pyridine rings is 1. The van der Waals surface area contributed by atoms with Crippen LogP contribution in [0.3, 0.4) is 0 Å². The number of carbonyl (C=O) groups excluding carboxylic acids is 1. The zero-order valence-corrected chi connectivity index (χ0v) is 14.6. The molecule has 2 aromatic carbocycles. The lowest BCUT2D eigenvalue weighted by Gasteiger charge is -2.06. The number of ether oxygens (including phenoxy) is 1. The van der Waals surface area contributed by atoms with Gasteiger partial charge in [0.15, 0.2) is 0 Å². The first kappa shape index (κ1) is 17.6. The van der Waals surface area contributed by atoms with Crippen LogP contribution >= 0.6 is 11.6 Å². The monoisotopic (exact) mass is 365 g/mol. The number of halogens is 1. The van der Waals surface area contributed by atoms with Crippen molar-refractivity contribution in [2.24, 2.45) is 5.10 Å². The van der Waals surface area contributed by atoms with Gasteiger partial charge in [-0.25, -0.2) is 5.43 Å². The van der Waals surface area contributed by atoms with E-state index in [0.29, 0.717) is 17.2 Å². The Morgan fingerprint density at radius 1 is 1.15 bits per heavy atom. The largest absolute Gasteiger partial charge is 0.489 e. The molecule has 0 saturated carbocycles. The number of hydrogen-bond acceptors (Lipinski definition) is 4. The van der Waals surface area contributed by atoms with Gasteiger partial charge in [-0.2, -0.15) is 5.10 Å². The van der Waals surface area contributed by atoms with Crippen molar-refractivity contribution in [3.05, 3.63) is 94.8 Å². The van der Waals surface area contributed by atoms with Crippen LogP contribution < -0.4 is 10.2 Å². The smallest absolute Gasteiger partial charge is 0.272 e. The van der Waals surface area contributed by atoms with Gasteiger partial charge in [-0.3, -0.25) is 9.78 Å². The second-order valence-electron chi connectivity index (χ2n) is 5.43. The molecule has 3 rings (SSSR count). The van der Waals surface area contributed by atoms with Crippen LogP contribution in [0.2, 0.25) is 5.02 Å². The van der Waals surface area contributed by atoms with Gasteiger partial charge in [-0.1, -0.05) is 23.7 Å². The van der Waals surface area contributed by atoms with E-state index in [-0.39, 0.29) is 5.91 Å². The van der Waals surface area contributed by atoms with Gasteiger partial charge in [-0.05, 0) is 59.7 Å². The topological polar surface area (TPSA) is 63.6 Å². The van der Waals surface area contributed by atoms with Gasteiger partial charge in [0.05, 0.1) is 11.8 Å². The van der Waals surface area contributed by atoms with Crippen molar-refractivity contribution >= 4 is 23.7 Å². The summed E-state index contributed by atoms with van der Waals surface area (Å²) in [5.41, 5.74) is 4.75. The summed E-state index contributed by atoms with van der Waals surface area (Å²) in [5.74, 6) is 0.428. The van der Waals surface area contributed by atoms with Gasteiger partial charge in [0.1, 0.15) is 12.4 Å². The lowest BCUT2D eigenvalue weighted by molar-refractivity contribution is 0.0955. The predicted molar refractivity (Wildman–Crippen MR) is 102 cm³/mol. The number of benzene rings is 2. The summed E-state index contributed by atoms with van der Waals surface area (Å²) in [5, 5.41) is 4.63. The quantitative estimate of drug-likeness (QED) is 0.529. The minimum Gasteiger partial charge on any atom is -0.489 e. The zero-order chi connectivity index (χ0) is 18.2. The Kier molecular flexibility index (Phi) is 5.96. The second-order valence-corrected chi connectivity index (χ2v) is 5.86. The number of nitrogens with one attached hydrogen (secondary N) is 1. The van der Waals surface area contributed by atoms with E-state index >= 15 is 0 Å². The number of hydrazone groups is 1. The Hall–Kier alpha value is -3.18. The fraction of sp³-hybridized carbons (Fsp3) is 0.0500. The highest BCUT2D eigenvalue weighted by atomic mass is 35.5. The number of nitrogens with zero attached hydrogens (tertiary/aromatic N) is 2. The highest BCUT2D eigenvalue weighted by Gasteiger charge is 2.02. The summed E-state index contributed by atoms with van der Waals surface area (Å²) in [4.78, 5) is 15.7. The molecule has 0 bridgehead atoms. The molecule has 0 atom stereocenters. The van der Waals surface area contributed by atoms with Crippen molar-refractivity contribution in [2.75, 3.05) is 0 Å². The van der Waals surface area contributed by atoms with E-state index in [0.717, 1.165) is 16.9 Å². The van der Waals surface area contributed by atoms with E-state index < -0.39 is 0 Å². The molecule has 0 fully saturated rings. The third-order valence-corrected chi connectivity index (χ3v) is 3.71. The SMILES string of the molecule is O=C(N/N=C\c1ccc(OCc2cccc(Cl)c2)cc1)c1cccnc1. The van der Waals surface area contributed by atoms with E-state index in [1.807, 2.05) is 48.5 Å². The first-order valence-corrected chi connectivity index (χ1v) is 8.29. The molecule has 0 unspecified atom stereocenters. The van der Waals surface area contributed by atoms with E-state index in [9.17, 15) is 4.79 Å². The Bertz CT molecular complexity index is 896. The summed E-state index contributed by atoms with van der Waals surface area (Å²) in [6.07, 6.45) is 4.65. The maximum atomic E-state index is 11.8. The van der Waals surface area contributed by atoms with Crippen LogP contribution in [-0.4, -0.2) is 17.1 Å². The number of hydrogen-bond donors (Lipinski definition) is 1. The van der Waals surface area contributed by atoms with Crippen molar-refractivity contribution in [1.29, 1.82) is 0 Å². The molecule has 3 aromatic rings. The molecule has 0 spiro atoms. The number of amides is 1. The molecule has 1 heterocycles. The minimum absolute atomic E-state index is 0.309. The molecule has 5 nitrogen and oxygen atoms in total. The first-order chi connectivity index (χ1) is 12.7. The Balaban J connectivity index is 1.52. The first-order valence-electron chi connectivity index (χ1n) is 7.91. The molecule has 0 aliphatic rings. The van der Waals surface area contributed by atoms with Gasteiger partial charge < -0.3 is 4.74 Å². The summed E-state index contributed by atoms with van der Waals surface area (Å²) < 4.78 is 5.72. The van der Waals surface area contributed by atoms with Crippen LogP contribution in [0.5, 0.6) is 5.75 Å². The third kappa shape index (κ3) is 5.16.